The van der Waals surface area contributed by atoms with E-state index in [1.54, 1.807) is 0 Å². The van der Waals surface area contributed by atoms with E-state index in [0.29, 0.717) is 0 Å². The molecule has 0 aromatic heterocycles. The Kier molecular flexibility index (Phi) is 3.39. The highest BCUT2D eigenvalue weighted by Gasteiger charge is 2.25. The van der Waals surface area contributed by atoms with Gasteiger partial charge in [-0.2, -0.15) is 0 Å². The molecule has 15 heavy (non-hydrogen) atoms. The molecule has 1 aromatic carbocycles. The fourth-order valence-corrected chi connectivity index (χ4v) is 1.84. The van der Waals surface area contributed by atoms with Gasteiger partial charge in [-0.1, -0.05) is 24.3 Å². The first-order valence-electron chi connectivity index (χ1n) is 5.73. The van der Waals surface area contributed by atoms with Crippen LogP contribution in [0.1, 0.15) is 36.8 Å². The van der Waals surface area contributed by atoms with Gasteiger partial charge >= 0.3 is 0 Å². The maximum atomic E-state index is 8.94. The number of hydrogen-bond donors (Lipinski definition) is 2. The summed E-state index contributed by atoms with van der Waals surface area (Å²) in [6, 6.07) is 8.81. The Morgan fingerprint density at radius 3 is 2.80 bits per heavy atom. The minimum Gasteiger partial charge on any atom is -0.395 e. The van der Waals surface area contributed by atoms with Crippen molar-refractivity contribution in [1.82, 2.24) is 5.32 Å². The fraction of sp³-hybridized carbons (Fsp3) is 0.538. The van der Waals surface area contributed by atoms with Crippen molar-refractivity contribution in [3.8, 4) is 0 Å². The molecule has 0 unspecified atom stereocenters. The highest BCUT2D eigenvalue weighted by Crippen LogP contribution is 2.41. The maximum Gasteiger partial charge on any atom is 0.0582 e. The summed E-state index contributed by atoms with van der Waals surface area (Å²) < 4.78 is 0. The molecular formula is C13H19NO. The summed E-state index contributed by atoms with van der Waals surface area (Å²) in [5, 5.41) is 12.3. The normalized spacial score (nSPS) is 17.7. The average Bonchev–Trinajstić information content (AvgIpc) is 3.10. The number of rotatable bonds is 5. The maximum absolute atomic E-state index is 8.94. The molecule has 0 radical (unpaired) electrons. The lowest BCUT2D eigenvalue weighted by Crippen LogP contribution is -2.28. The molecule has 82 valence electrons. The second-order valence-corrected chi connectivity index (χ2v) is 4.44. The Morgan fingerprint density at radius 2 is 2.13 bits per heavy atom. The van der Waals surface area contributed by atoms with Crippen LogP contribution in [0.3, 0.4) is 0 Å². The van der Waals surface area contributed by atoms with Crippen LogP contribution in [0.4, 0.5) is 0 Å². The van der Waals surface area contributed by atoms with Gasteiger partial charge < -0.3 is 10.4 Å². The molecule has 1 aliphatic carbocycles. The zero-order valence-corrected chi connectivity index (χ0v) is 9.24. The molecule has 1 aromatic rings. The lowest BCUT2D eigenvalue weighted by atomic mass is 10.0. The molecule has 1 fully saturated rings. The van der Waals surface area contributed by atoms with Crippen molar-refractivity contribution in [1.29, 1.82) is 0 Å². The van der Waals surface area contributed by atoms with E-state index >= 15 is 0 Å². The molecule has 2 rings (SSSR count). The predicted octanol–water partition coefficient (Wildman–Crippen LogP) is 2.03. The van der Waals surface area contributed by atoms with Crippen LogP contribution in [0.5, 0.6) is 0 Å². The Bertz CT molecular complexity index is 320. The Labute approximate surface area is 91.3 Å². The molecule has 2 N–H and O–H groups in total. The molecule has 2 heteroatoms. The minimum atomic E-state index is 0.178. The van der Waals surface area contributed by atoms with Gasteiger partial charge in [0, 0.05) is 12.6 Å². The first-order valence-corrected chi connectivity index (χ1v) is 5.73. The number of nitrogens with one attached hydrogen (secondary N) is 1. The Hall–Kier alpha value is -0.860. The SMILES string of the molecule is C[C@@H](CO)NCc1ccccc1C1CC1. The van der Waals surface area contributed by atoms with Crippen molar-refractivity contribution in [3.05, 3.63) is 35.4 Å². The van der Waals surface area contributed by atoms with E-state index in [2.05, 4.69) is 29.6 Å². The zero-order chi connectivity index (χ0) is 10.7. The Balaban J connectivity index is 2.00. The van der Waals surface area contributed by atoms with Crippen LogP contribution in [-0.2, 0) is 6.54 Å². The van der Waals surface area contributed by atoms with E-state index in [1.807, 2.05) is 6.92 Å². The van der Waals surface area contributed by atoms with Crippen LogP contribution < -0.4 is 5.32 Å². The summed E-state index contributed by atoms with van der Waals surface area (Å²) in [7, 11) is 0. The predicted molar refractivity (Wildman–Crippen MR) is 61.8 cm³/mol. The highest BCUT2D eigenvalue weighted by molar-refractivity contribution is 5.33. The number of aliphatic hydroxyl groups is 1. The third kappa shape index (κ3) is 2.80. The largest absolute Gasteiger partial charge is 0.395 e. The van der Waals surface area contributed by atoms with Gasteiger partial charge in [0.25, 0.3) is 0 Å². The molecule has 1 saturated carbocycles. The summed E-state index contributed by atoms with van der Waals surface area (Å²) in [6.45, 7) is 3.07. The van der Waals surface area contributed by atoms with Gasteiger partial charge in [-0.05, 0) is 36.8 Å². The van der Waals surface area contributed by atoms with Gasteiger partial charge in [0.15, 0.2) is 0 Å². The molecule has 1 aliphatic rings. The van der Waals surface area contributed by atoms with Crippen LogP contribution in [0.25, 0.3) is 0 Å². The molecule has 0 amide bonds. The lowest BCUT2D eigenvalue weighted by molar-refractivity contribution is 0.251. The minimum absolute atomic E-state index is 0.178. The van der Waals surface area contributed by atoms with Gasteiger partial charge in [0.2, 0.25) is 0 Å². The van der Waals surface area contributed by atoms with Crippen LogP contribution in [0.2, 0.25) is 0 Å². The zero-order valence-electron chi connectivity index (χ0n) is 9.24. The summed E-state index contributed by atoms with van der Waals surface area (Å²) in [6.07, 6.45) is 2.68. The van der Waals surface area contributed by atoms with Gasteiger partial charge in [0.05, 0.1) is 6.61 Å². The molecule has 0 saturated heterocycles. The number of hydrogen-bond acceptors (Lipinski definition) is 2. The standard InChI is InChI=1S/C13H19NO/c1-10(9-15)14-8-12-4-2-3-5-13(12)11-6-7-11/h2-5,10-11,14-15H,6-9H2,1H3/t10-/m0/s1. The fourth-order valence-electron chi connectivity index (χ4n) is 1.84. The average molecular weight is 205 g/mol. The lowest BCUT2D eigenvalue weighted by Gasteiger charge is -2.13. The molecule has 1 atom stereocenters. The number of aliphatic hydroxyl groups excluding tert-OH is 1. The first kappa shape index (κ1) is 10.7. The number of benzene rings is 1. The van der Waals surface area contributed by atoms with E-state index < -0.39 is 0 Å². The van der Waals surface area contributed by atoms with Gasteiger partial charge in [0.1, 0.15) is 0 Å². The van der Waals surface area contributed by atoms with Crippen molar-refractivity contribution in [2.75, 3.05) is 6.61 Å². The van der Waals surface area contributed by atoms with Crippen LogP contribution in [0.15, 0.2) is 24.3 Å². The summed E-state index contributed by atoms with van der Waals surface area (Å²) >= 11 is 0. The second kappa shape index (κ2) is 4.77. The monoisotopic (exact) mass is 205 g/mol. The van der Waals surface area contributed by atoms with Crippen LogP contribution >= 0.6 is 0 Å². The van der Waals surface area contributed by atoms with Gasteiger partial charge in [-0.25, -0.2) is 0 Å². The van der Waals surface area contributed by atoms with E-state index in [4.69, 9.17) is 5.11 Å². The van der Waals surface area contributed by atoms with E-state index in [9.17, 15) is 0 Å². The van der Waals surface area contributed by atoms with Crippen molar-refractivity contribution in [2.45, 2.75) is 38.3 Å². The first-order chi connectivity index (χ1) is 7.31. The molecule has 0 aliphatic heterocycles. The van der Waals surface area contributed by atoms with E-state index in [1.165, 1.54) is 24.0 Å². The third-order valence-corrected chi connectivity index (χ3v) is 2.99. The molecular weight excluding hydrogens is 186 g/mol. The van der Waals surface area contributed by atoms with Crippen molar-refractivity contribution in [3.63, 3.8) is 0 Å². The summed E-state index contributed by atoms with van der Waals surface area (Å²) in [4.78, 5) is 0. The van der Waals surface area contributed by atoms with E-state index in [0.717, 1.165) is 12.5 Å². The van der Waals surface area contributed by atoms with Crippen molar-refractivity contribution >= 4 is 0 Å². The third-order valence-electron chi connectivity index (χ3n) is 2.99. The summed E-state index contributed by atoms with van der Waals surface area (Å²) in [5.41, 5.74) is 2.88. The molecule has 2 nitrogen and oxygen atoms in total. The second-order valence-electron chi connectivity index (χ2n) is 4.44. The smallest absolute Gasteiger partial charge is 0.0582 e. The highest BCUT2D eigenvalue weighted by atomic mass is 16.3. The molecule has 0 heterocycles. The topological polar surface area (TPSA) is 32.3 Å². The summed E-state index contributed by atoms with van der Waals surface area (Å²) in [5.74, 6) is 0.799. The van der Waals surface area contributed by atoms with Crippen LogP contribution in [-0.4, -0.2) is 17.8 Å². The van der Waals surface area contributed by atoms with Crippen LogP contribution in [0, 0.1) is 0 Å². The van der Waals surface area contributed by atoms with Gasteiger partial charge in [-0.3, -0.25) is 0 Å². The van der Waals surface area contributed by atoms with E-state index in [-0.39, 0.29) is 12.6 Å². The quantitative estimate of drug-likeness (QED) is 0.771. The van der Waals surface area contributed by atoms with Gasteiger partial charge in [-0.15, -0.1) is 0 Å². The van der Waals surface area contributed by atoms with Crippen molar-refractivity contribution in [2.24, 2.45) is 0 Å². The van der Waals surface area contributed by atoms with Crippen molar-refractivity contribution < 1.29 is 5.11 Å². The Morgan fingerprint density at radius 1 is 1.40 bits per heavy atom. The molecule has 0 bridgehead atoms. The molecule has 0 spiro atoms.